The maximum absolute atomic E-state index is 13.5. The molecule has 5 rings (SSSR count). The van der Waals surface area contributed by atoms with Gasteiger partial charge in [0.1, 0.15) is 11.3 Å². The number of carbonyl (C=O) groups excluding carboxylic acids is 2. The number of halogens is 3. The maximum atomic E-state index is 13.5. The Balaban J connectivity index is 1.76. The zero-order valence-corrected chi connectivity index (χ0v) is 19.5. The predicted molar refractivity (Wildman–Crippen MR) is 133 cm³/mol. The van der Waals surface area contributed by atoms with Crippen molar-refractivity contribution >= 4 is 39.9 Å². The van der Waals surface area contributed by atoms with Gasteiger partial charge in [0.25, 0.3) is 5.78 Å². The van der Waals surface area contributed by atoms with E-state index in [0.29, 0.717) is 16.7 Å². The molecule has 3 aromatic heterocycles. The molecule has 3 heterocycles. The van der Waals surface area contributed by atoms with Gasteiger partial charge in [0.2, 0.25) is 5.78 Å². The molecule has 5 aromatic rings. The second-order valence-corrected chi connectivity index (χ2v) is 8.84. The van der Waals surface area contributed by atoms with Gasteiger partial charge in [-0.15, -0.1) is 11.3 Å². The zero-order chi connectivity index (χ0) is 26.2. The van der Waals surface area contributed by atoms with E-state index in [1.807, 2.05) is 0 Å². The standard InChI is InChI=1S/C27H15F3N2O4S/c28-27(29,30)25(34)20(24(33)22-11-6-12-37-22)14-17-15-32(18-8-2-1-3-9-18)31-23(17)19-13-16-7-4-5-10-21(16)36-26(19)35/h1-15H/b20-14-. The number of fused-ring (bicyclic) bond motifs is 1. The van der Waals surface area contributed by atoms with Gasteiger partial charge >= 0.3 is 11.8 Å². The first-order valence-electron chi connectivity index (χ1n) is 10.8. The molecule has 2 aromatic carbocycles. The van der Waals surface area contributed by atoms with Crippen molar-refractivity contribution in [3.63, 3.8) is 0 Å². The number of para-hydroxylation sites is 2. The van der Waals surface area contributed by atoms with Crippen LogP contribution in [0.25, 0.3) is 34.0 Å². The van der Waals surface area contributed by atoms with Gasteiger partial charge < -0.3 is 4.42 Å². The summed E-state index contributed by atoms with van der Waals surface area (Å²) in [5.41, 5.74) is -1.13. The van der Waals surface area contributed by atoms with Crippen molar-refractivity contribution in [3.05, 3.63) is 111 Å². The Morgan fingerprint density at radius 1 is 0.973 bits per heavy atom. The van der Waals surface area contributed by atoms with Gasteiger partial charge in [-0.05, 0) is 41.8 Å². The molecule has 0 amide bonds. The average molecular weight is 520 g/mol. The number of thiophene rings is 1. The normalized spacial score (nSPS) is 12.1. The third-order valence-electron chi connectivity index (χ3n) is 5.45. The fourth-order valence-electron chi connectivity index (χ4n) is 3.73. The lowest BCUT2D eigenvalue weighted by atomic mass is 10.00. The van der Waals surface area contributed by atoms with Crippen LogP contribution < -0.4 is 5.63 Å². The van der Waals surface area contributed by atoms with Gasteiger partial charge in [-0.25, -0.2) is 9.48 Å². The van der Waals surface area contributed by atoms with Crippen molar-refractivity contribution < 1.29 is 27.2 Å². The molecule has 0 saturated carbocycles. The van der Waals surface area contributed by atoms with Gasteiger partial charge in [0, 0.05) is 17.1 Å². The van der Waals surface area contributed by atoms with E-state index in [0.717, 1.165) is 17.4 Å². The highest BCUT2D eigenvalue weighted by Crippen LogP contribution is 2.30. The molecule has 37 heavy (non-hydrogen) atoms. The van der Waals surface area contributed by atoms with Crippen molar-refractivity contribution in [2.24, 2.45) is 0 Å². The summed E-state index contributed by atoms with van der Waals surface area (Å²) < 4.78 is 47.3. The Labute approximate surface area is 210 Å². The third kappa shape index (κ3) is 4.78. The summed E-state index contributed by atoms with van der Waals surface area (Å²) in [4.78, 5) is 38.2. The highest BCUT2D eigenvalue weighted by atomic mass is 32.1. The highest BCUT2D eigenvalue weighted by Gasteiger charge is 2.43. The van der Waals surface area contributed by atoms with Gasteiger partial charge in [-0.1, -0.05) is 42.5 Å². The van der Waals surface area contributed by atoms with Crippen molar-refractivity contribution in [2.75, 3.05) is 0 Å². The van der Waals surface area contributed by atoms with E-state index in [4.69, 9.17) is 4.42 Å². The summed E-state index contributed by atoms with van der Waals surface area (Å²) in [7, 11) is 0. The Morgan fingerprint density at radius 3 is 2.41 bits per heavy atom. The SMILES string of the molecule is O=C(/C(=C/c1cn(-c2ccccc2)nc1-c1cc2ccccc2oc1=O)C(=O)C(F)(F)F)c1cccs1. The largest absolute Gasteiger partial charge is 0.455 e. The molecular formula is C27H15F3N2O4S. The first-order valence-corrected chi connectivity index (χ1v) is 11.7. The predicted octanol–water partition coefficient (Wildman–Crippen LogP) is 6.10. The van der Waals surface area contributed by atoms with E-state index in [1.54, 1.807) is 54.6 Å². The molecule has 0 radical (unpaired) electrons. The van der Waals surface area contributed by atoms with Crippen molar-refractivity contribution in [1.82, 2.24) is 9.78 Å². The molecule has 0 aliphatic heterocycles. The summed E-state index contributed by atoms with van der Waals surface area (Å²) in [6, 6.07) is 19.7. The molecule has 0 aliphatic carbocycles. The Hall–Kier alpha value is -4.57. The van der Waals surface area contributed by atoms with Crippen LogP contribution in [0.15, 0.2) is 99.2 Å². The summed E-state index contributed by atoms with van der Waals surface area (Å²) in [6.07, 6.45) is -3.12. The second-order valence-electron chi connectivity index (χ2n) is 7.89. The molecule has 0 saturated heterocycles. The van der Waals surface area contributed by atoms with Gasteiger partial charge in [0.05, 0.1) is 21.7 Å². The summed E-state index contributed by atoms with van der Waals surface area (Å²) in [5.74, 6) is -3.38. The number of hydrogen-bond acceptors (Lipinski definition) is 6. The maximum Gasteiger partial charge on any atom is 0.455 e. The van der Waals surface area contributed by atoms with E-state index < -0.39 is 28.9 Å². The van der Waals surface area contributed by atoms with Crippen molar-refractivity contribution in [3.8, 4) is 16.9 Å². The van der Waals surface area contributed by atoms with Crippen molar-refractivity contribution in [2.45, 2.75) is 6.18 Å². The van der Waals surface area contributed by atoms with Gasteiger partial charge in [-0.2, -0.15) is 18.3 Å². The first-order chi connectivity index (χ1) is 17.7. The van der Waals surface area contributed by atoms with Crippen molar-refractivity contribution in [1.29, 1.82) is 0 Å². The van der Waals surface area contributed by atoms with Gasteiger partial charge in [0.15, 0.2) is 0 Å². The minimum Gasteiger partial charge on any atom is -0.422 e. The van der Waals surface area contributed by atoms with E-state index >= 15 is 0 Å². The number of benzene rings is 2. The lowest BCUT2D eigenvalue weighted by Gasteiger charge is -2.08. The van der Waals surface area contributed by atoms with E-state index in [9.17, 15) is 27.6 Å². The number of allylic oxidation sites excluding steroid dienone is 1. The fraction of sp³-hybridized carbons (Fsp3) is 0.0370. The molecule has 10 heteroatoms. The number of alkyl halides is 3. The summed E-state index contributed by atoms with van der Waals surface area (Å²) >= 11 is 0.909. The summed E-state index contributed by atoms with van der Waals surface area (Å²) in [5, 5.41) is 6.50. The van der Waals surface area contributed by atoms with Gasteiger partial charge in [-0.3, -0.25) is 9.59 Å². The number of Topliss-reactive ketones (excluding diaryl/α,β-unsaturated/α-hetero) is 2. The minimum absolute atomic E-state index is 0.0360. The zero-order valence-electron chi connectivity index (χ0n) is 18.7. The monoisotopic (exact) mass is 520 g/mol. The molecule has 0 unspecified atom stereocenters. The Bertz CT molecular complexity index is 1720. The first kappa shape index (κ1) is 24.1. The molecule has 0 fully saturated rings. The van der Waals surface area contributed by atoms with Crippen LogP contribution in [0.4, 0.5) is 13.2 Å². The number of rotatable bonds is 6. The minimum atomic E-state index is -5.30. The Kier molecular flexibility index (Phi) is 6.18. The summed E-state index contributed by atoms with van der Waals surface area (Å²) in [6.45, 7) is 0. The van der Waals surface area contributed by atoms with Crippen LogP contribution in [0.2, 0.25) is 0 Å². The molecule has 0 N–H and O–H groups in total. The van der Waals surface area contributed by atoms with Crippen LogP contribution in [0.1, 0.15) is 15.2 Å². The van der Waals surface area contributed by atoms with Crippen LogP contribution in [0.5, 0.6) is 0 Å². The lowest BCUT2D eigenvalue weighted by molar-refractivity contribution is -0.166. The molecule has 184 valence electrons. The number of aromatic nitrogens is 2. The van der Waals surface area contributed by atoms with Crippen LogP contribution in [0.3, 0.4) is 0 Å². The molecular weight excluding hydrogens is 505 g/mol. The molecule has 0 spiro atoms. The van der Waals surface area contributed by atoms with Crippen LogP contribution in [-0.4, -0.2) is 27.5 Å². The van der Waals surface area contributed by atoms with Crippen LogP contribution >= 0.6 is 11.3 Å². The molecule has 0 aliphatic rings. The third-order valence-corrected chi connectivity index (χ3v) is 6.32. The van der Waals surface area contributed by atoms with Crippen LogP contribution in [0, 0.1) is 0 Å². The lowest BCUT2D eigenvalue weighted by Crippen LogP contribution is -2.28. The smallest absolute Gasteiger partial charge is 0.422 e. The van der Waals surface area contributed by atoms with E-state index in [1.165, 1.54) is 34.5 Å². The number of ketones is 2. The van der Waals surface area contributed by atoms with E-state index in [2.05, 4.69) is 5.10 Å². The average Bonchev–Trinajstić information content (AvgIpc) is 3.57. The Morgan fingerprint density at radius 2 is 1.70 bits per heavy atom. The second kappa shape index (κ2) is 9.47. The topological polar surface area (TPSA) is 82.2 Å². The molecule has 6 nitrogen and oxygen atoms in total. The van der Waals surface area contributed by atoms with Crippen LogP contribution in [-0.2, 0) is 4.79 Å². The number of carbonyl (C=O) groups is 2. The fourth-order valence-corrected chi connectivity index (χ4v) is 4.40. The van der Waals surface area contributed by atoms with E-state index in [-0.39, 0.29) is 21.7 Å². The number of nitrogens with zero attached hydrogens (tertiary/aromatic N) is 2. The highest BCUT2D eigenvalue weighted by molar-refractivity contribution is 7.12. The molecule has 0 bridgehead atoms. The molecule has 0 atom stereocenters. The quantitative estimate of drug-likeness (QED) is 0.0888. The number of hydrogen-bond donors (Lipinski definition) is 0.